The van der Waals surface area contributed by atoms with E-state index in [0.717, 1.165) is 18.8 Å². The number of nitrogens with one attached hydrogen (secondary N) is 1. The second-order valence-electron chi connectivity index (χ2n) is 7.50. The zero-order valence-corrected chi connectivity index (χ0v) is 19.8. The minimum absolute atomic E-state index is 0.616. The van der Waals surface area contributed by atoms with Gasteiger partial charge in [0.25, 0.3) is 0 Å². The van der Waals surface area contributed by atoms with E-state index in [2.05, 4.69) is 60.5 Å². The molecule has 30 heavy (non-hydrogen) atoms. The number of unbranched alkanes of at least 4 members (excludes halogenated alkanes) is 2. The first-order chi connectivity index (χ1) is 14.8. The van der Waals surface area contributed by atoms with E-state index in [1.54, 1.807) is 0 Å². The van der Waals surface area contributed by atoms with Crippen molar-refractivity contribution in [2.45, 2.75) is 73.0 Å². The van der Waals surface area contributed by atoms with Crippen molar-refractivity contribution in [1.29, 1.82) is 0 Å². The molecule has 0 saturated carbocycles. The van der Waals surface area contributed by atoms with E-state index in [4.69, 9.17) is 4.74 Å². The maximum atomic E-state index is 5.85. The Morgan fingerprint density at radius 1 is 0.733 bits per heavy atom. The number of benzene rings is 2. The van der Waals surface area contributed by atoms with E-state index in [1.807, 2.05) is 32.0 Å². The summed E-state index contributed by atoms with van der Waals surface area (Å²) in [4.78, 5) is 2.63. The highest BCUT2D eigenvalue weighted by Gasteiger charge is 2.03. The molecular formula is C27H44N2O. The van der Waals surface area contributed by atoms with Crippen LogP contribution in [-0.4, -0.2) is 31.1 Å². The fraction of sp³-hybridized carbons (Fsp3) is 0.556. The minimum atomic E-state index is 0.616. The molecule has 2 rings (SSSR count). The van der Waals surface area contributed by atoms with Gasteiger partial charge < -0.3 is 15.0 Å². The summed E-state index contributed by atoms with van der Waals surface area (Å²) >= 11 is 0. The topological polar surface area (TPSA) is 24.5 Å². The number of hydrogen-bond acceptors (Lipinski definition) is 3. The van der Waals surface area contributed by atoms with Crippen LogP contribution in [0.2, 0.25) is 0 Å². The molecule has 2 aromatic carbocycles. The summed E-state index contributed by atoms with van der Waals surface area (Å²) in [6.45, 7) is 14.9. The van der Waals surface area contributed by atoms with Crippen LogP contribution in [0.4, 0.5) is 0 Å². The molecule has 0 radical (unpaired) electrons. The van der Waals surface area contributed by atoms with Gasteiger partial charge in [0.1, 0.15) is 12.4 Å². The third-order valence-corrected chi connectivity index (χ3v) is 4.98. The van der Waals surface area contributed by atoms with E-state index in [1.165, 1.54) is 62.9 Å². The van der Waals surface area contributed by atoms with E-state index in [9.17, 15) is 0 Å². The van der Waals surface area contributed by atoms with Crippen LogP contribution in [0, 0.1) is 0 Å². The molecule has 0 unspecified atom stereocenters. The summed E-state index contributed by atoms with van der Waals surface area (Å²) in [6.07, 6.45) is 6.41. The molecule has 168 valence electrons. The predicted molar refractivity (Wildman–Crippen MR) is 131 cm³/mol. The molecule has 3 heteroatoms. The fourth-order valence-electron chi connectivity index (χ4n) is 3.20. The molecule has 0 bridgehead atoms. The first-order valence-electron chi connectivity index (χ1n) is 12.0. The third-order valence-electron chi connectivity index (χ3n) is 4.98. The van der Waals surface area contributed by atoms with Crippen molar-refractivity contribution in [1.82, 2.24) is 10.2 Å². The SMILES string of the molecule is CC.CCCCN(CCCC)CCCNCc1ccc(OCc2ccccc2)cc1. The molecule has 3 nitrogen and oxygen atoms in total. The molecule has 0 saturated heterocycles. The molecule has 0 fully saturated rings. The van der Waals surface area contributed by atoms with E-state index in [-0.39, 0.29) is 0 Å². The Morgan fingerprint density at radius 3 is 1.93 bits per heavy atom. The van der Waals surface area contributed by atoms with Crippen molar-refractivity contribution in [2.24, 2.45) is 0 Å². The second kappa shape index (κ2) is 18.0. The smallest absolute Gasteiger partial charge is 0.119 e. The third kappa shape index (κ3) is 12.0. The maximum Gasteiger partial charge on any atom is 0.119 e. The normalized spacial score (nSPS) is 10.6. The van der Waals surface area contributed by atoms with Crippen molar-refractivity contribution < 1.29 is 4.74 Å². The molecule has 0 aromatic heterocycles. The molecule has 0 aliphatic rings. The molecule has 0 amide bonds. The summed E-state index contributed by atoms with van der Waals surface area (Å²) in [7, 11) is 0. The van der Waals surface area contributed by atoms with E-state index in [0.29, 0.717) is 6.61 Å². The average molecular weight is 413 g/mol. The number of nitrogens with zero attached hydrogens (tertiary/aromatic N) is 1. The summed E-state index contributed by atoms with van der Waals surface area (Å²) in [5.41, 5.74) is 2.50. The summed E-state index contributed by atoms with van der Waals surface area (Å²) in [5, 5.41) is 3.58. The van der Waals surface area contributed by atoms with Crippen molar-refractivity contribution in [3.8, 4) is 5.75 Å². The molecular weight excluding hydrogens is 368 g/mol. The van der Waals surface area contributed by atoms with Gasteiger partial charge in [-0.2, -0.15) is 0 Å². The van der Waals surface area contributed by atoms with Gasteiger partial charge in [0.2, 0.25) is 0 Å². The first kappa shape index (κ1) is 26.2. The van der Waals surface area contributed by atoms with Gasteiger partial charge in [0.15, 0.2) is 0 Å². The van der Waals surface area contributed by atoms with E-state index < -0.39 is 0 Å². The van der Waals surface area contributed by atoms with Gasteiger partial charge in [-0.15, -0.1) is 0 Å². The lowest BCUT2D eigenvalue weighted by Crippen LogP contribution is -2.29. The fourth-order valence-corrected chi connectivity index (χ4v) is 3.20. The molecule has 0 heterocycles. The van der Waals surface area contributed by atoms with Gasteiger partial charge in [-0.25, -0.2) is 0 Å². The number of rotatable bonds is 15. The van der Waals surface area contributed by atoms with Gasteiger partial charge in [0, 0.05) is 6.54 Å². The second-order valence-corrected chi connectivity index (χ2v) is 7.50. The first-order valence-corrected chi connectivity index (χ1v) is 12.0. The highest BCUT2D eigenvalue weighted by atomic mass is 16.5. The quantitative estimate of drug-likeness (QED) is 0.330. The van der Waals surface area contributed by atoms with Gasteiger partial charge in [-0.05, 0) is 68.7 Å². The summed E-state index contributed by atoms with van der Waals surface area (Å²) in [6, 6.07) is 18.7. The molecule has 0 spiro atoms. The van der Waals surface area contributed by atoms with Crippen LogP contribution < -0.4 is 10.1 Å². The van der Waals surface area contributed by atoms with Crippen LogP contribution in [0.5, 0.6) is 5.75 Å². The zero-order valence-electron chi connectivity index (χ0n) is 19.8. The lowest BCUT2D eigenvalue weighted by atomic mass is 10.2. The molecule has 2 aromatic rings. The van der Waals surface area contributed by atoms with Crippen molar-refractivity contribution in [3.05, 3.63) is 65.7 Å². The monoisotopic (exact) mass is 412 g/mol. The average Bonchev–Trinajstić information content (AvgIpc) is 2.81. The Morgan fingerprint density at radius 2 is 1.33 bits per heavy atom. The van der Waals surface area contributed by atoms with Crippen LogP contribution in [0.1, 0.15) is 70.9 Å². The number of hydrogen-bond donors (Lipinski definition) is 1. The Labute approximate surface area is 185 Å². The summed E-state index contributed by atoms with van der Waals surface area (Å²) in [5.74, 6) is 0.926. The Kier molecular flexibility index (Phi) is 15.7. The summed E-state index contributed by atoms with van der Waals surface area (Å²) < 4.78 is 5.85. The lowest BCUT2D eigenvalue weighted by Gasteiger charge is -2.22. The van der Waals surface area contributed by atoms with Crippen molar-refractivity contribution in [2.75, 3.05) is 26.2 Å². The van der Waals surface area contributed by atoms with Crippen LogP contribution in [-0.2, 0) is 13.2 Å². The predicted octanol–water partition coefficient (Wildman–Crippen LogP) is 6.67. The van der Waals surface area contributed by atoms with Gasteiger partial charge in [-0.1, -0.05) is 83.0 Å². The maximum absolute atomic E-state index is 5.85. The standard InChI is InChI=1S/C25H38N2O.C2H6/c1-3-5-18-27(19-6-4-2)20-10-17-26-21-23-13-15-25(16-14-23)28-22-24-11-8-7-9-12-24;1-2/h7-9,11-16,26H,3-6,10,17-22H2,1-2H3;1-2H3. The van der Waals surface area contributed by atoms with Crippen molar-refractivity contribution in [3.63, 3.8) is 0 Å². The number of ether oxygens (including phenoxy) is 1. The van der Waals surface area contributed by atoms with Gasteiger partial charge >= 0.3 is 0 Å². The lowest BCUT2D eigenvalue weighted by molar-refractivity contribution is 0.261. The zero-order chi connectivity index (χ0) is 21.9. The molecule has 0 atom stereocenters. The van der Waals surface area contributed by atoms with Crippen LogP contribution >= 0.6 is 0 Å². The molecule has 0 aliphatic carbocycles. The van der Waals surface area contributed by atoms with Gasteiger partial charge in [0.05, 0.1) is 0 Å². The van der Waals surface area contributed by atoms with Gasteiger partial charge in [-0.3, -0.25) is 0 Å². The minimum Gasteiger partial charge on any atom is -0.489 e. The Bertz CT molecular complexity index is 605. The molecule has 1 N–H and O–H groups in total. The highest BCUT2D eigenvalue weighted by molar-refractivity contribution is 5.27. The van der Waals surface area contributed by atoms with Crippen LogP contribution in [0.3, 0.4) is 0 Å². The Hall–Kier alpha value is -1.84. The van der Waals surface area contributed by atoms with Crippen molar-refractivity contribution >= 4 is 0 Å². The van der Waals surface area contributed by atoms with Crippen LogP contribution in [0.25, 0.3) is 0 Å². The highest BCUT2D eigenvalue weighted by Crippen LogP contribution is 2.14. The van der Waals surface area contributed by atoms with Crippen LogP contribution in [0.15, 0.2) is 54.6 Å². The molecule has 0 aliphatic heterocycles. The largest absolute Gasteiger partial charge is 0.489 e. The Balaban J connectivity index is 0.00000218. The van der Waals surface area contributed by atoms with E-state index >= 15 is 0 Å².